The van der Waals surface area contributed by atoms with Gasteiger partial charge in [-0.25, -0.2) is 4.79 Å². The molecule has 19 heavy (non-hydrogen) atoms. The van der Waals surface area contributed by atoms with Gasteiger partial charge >= 0.3 is 12.1 Å². The van der Waals surface area contributed by atoms with Crippen molar-refractivity contribution in [2.45, 2.75) is 26.7 Å². The van der Waals surface area contributed by atoms with Gasteiger partial charge in [0.25, 0.3) is 0 Å². The lowest BCUT2D eigenvalue weighted by Gasteiger charge is -2.30. The Hall–Kier alpha value is -1.52. The minimum atomic E-state index is -0.339. The summed E-state index contributed by atoms with van der Waals surface area (Å²) in [6, 6.07) is 0. The van der Waals surface area contributed by atoms with Gasteiger partial charge in [0, 0.05) is 13.1 Å². The molecule has 1 saturated heterocycles. The highest BCUT2D eigenvalue weighted by molar-refractivity contribution is 5.73. The number of likely N-dealkylation sites (tertiary alicyclic amines) is 1. The minimum Gasteiger partial charge on any atom is -0.465 e. The van der Waals surface area contributed by atoms with E-state index in [9.17, 15) is 9.59 Å². The molecular weight excluding hydrogens is 246 g/mol. The molecule has 1 fully saturated rings. The Balaban J connectivity index is 2.30. The van der Waals surface area contributed by atoms with Crippen LogP contribution < -0.4 is 0 Å². The summed E-state index contributed by atoms with van der Waals surface area (Å²) < 4.78 is 10.2. The van der Waals surface area contributed by atoms with Crippen LogP contribution in [0.1, 0.15) is 26.7 Å². The summed E-state index contributed by atoms with van der Waals surface area (Å²) >= 11 is 0. The largest absolute Gasteiger partial charge is 0.465 e. The van der Waals surface area contributed by atoms with Crippen LogP contribution in [-0.4, -0.2) is 43.3 Å². The van der Waals surface area contributed by atoms with E-state index in [0.717, 1.165) is 0 Å². The Bertz CT molecular complexity index is 319. The molecule has 108 valence electrons. The number of esters is 1. The second-order valence-corrected chi connectivity index (χ2v) is 5.15. The predicted octanol–water partition coefficient (Wildman–Crippen LogP) is 2.22. The molecule has 0 aromatic rings. The van der Waals surface area contributed by atoms with Gasteiger partial charge in [-0.2, -0.15) is 0 Å². The summed E-state index contributed by atoms with van der Waals surface area (Å²) in [5, 5.41) is 0. The van der Waals surface area contributed by atoms with Crippen molar-refractivity contribution in [3.05, 3.63) is 12.7 Å². The molecular formula is C14H23NO4. The molecule has 0 spiro atoms. The lowest BCUT2D eigenvalue weighted by Crippen LogP contribution is -2.41. The van der Waals surface area contributed by atoms with Gasteiger partial charge in [0.05, 0.1) is 12.5 Å². The van der Waals surface area contributed by atoms with Crippen LogP contribution in [0.4, 0.5) is 4.79 Å². The molecule has 0 aromatic heterocycles. The fourth-order valence-corrected chi connectivity index (χ4v) is 1.89. The number of rotatable bonds is 5. The highest BCUT2D eigenvalue weighted by Crippen LogP contribution is 2.19. The molecule has 5 heteroatoms. The second-order valence-electron chi connectivity index (χ2n) is 5.15. The zero-order valence-corrected chi connectivity index (χ0v) is 11.8. The van der Waals surface area contributed by atoms with Crippen LogP contribution >= 0.6 is 0 Å². The lowest BCUT2D eigenvalue weighted by molar-refractivity contribution is -0.151. The fourth-order valence-electron chi connectivity index (χ4n) is 1.89. The van der Waals surface area contributed by atoms with Crippen molar-refractivity contribution in [2.75, 3.05) is 26.3 Å². The van der Waals surface area contributed by atoms with E-state index in [0.29, 0.717) is 38.5 Å². The van der Waals surface area contributed by atoms with Crippen molar-refractivity contribution in [3.8, 4) is 0 Å². The molecule has 1 heterocycles. The van der Waals surface area contributed by atoms with Crippen molar-refractivity contribution in [1.29, 1.82) is 0 Å². The highest BCUT2D eigenvalue weighted by atomic mass is 16.6. The first kappa shape index (κ1) is 15.5. The third-order valence-corrected chi connectivity index (χ3v) is 2.97. The predicted molar refractivity (Wildman–Crippen MR) is 71.6 cm³/mol. The van der Waals surface area contributed by atoms with Gasteiger partial charge in [-0.1, -0.05) is 26.5 Å². The smallest absolute Gasteiger partial charge is 0.410 e. The minimum absolute atomic E-state index is 0.0952. The van der Waals surface area contributed by atoms with E-state index in [1.807, 2.05) is 13.8 Å². The molecule has 0 unspecified atom stereocenters. The molecule has 1 aliphatic heterocycles. The molecule has 0 radical (unpaired) electrons. The molecule has 1 aliphatic rings. The Kier molecular flexibility index (Phi) is 6.39. The Labute approximate surface area is 114 Å². The summed E-state index contributed by atoms with van der Waals surface area (Å²) in [6.45, 7) is 9.26. The van der Waals surface area contributed by atoms with Crippen LogP contribution in [0, 0.1) is 11.8 Å². The monoisotopic (exact) mass is 269 g/mol. The Morgan fingerprint density at radius 3 is 2.47 bits per heavy atom. The van der Waals surface area contributed by atoms with Gasteiger partial charge in [0.15, 0.2) is 0 Å². The van der Waals surface area contributed by atoms with Crippen LogP contribution in [0.2, 0.25) is 0 Å². The van der Waals surface area contributed by atoms with Crippen molar-refractivity contribution in [2.24, 2.45) is 11.8 Å². The zero-order chi connectivity index (χ0) is 14.3. The maximum absolute atomic E-state index is 11.8. The second kappa shape index (κ2) is 7.81. The molecule has 1 amide bonds. The molecule has 0 bridgehead atoms. The van der Waals surface area contributed by atoms with Crippen molar-refractivity contribution in [3.63, 3.8) is 0 Å². The molecule has 0 saturated carbocycles. The maximum Gasteiger partial charge on any atom is 0.410 e. The third-order valence-electron chi connectivity index (χ3n) is 2.97. The van der Waals surface area contributed by atoms with E-state index < -0.39 is 0 Å². The van der Waals surface area contributed by atoms with Gasteiger partial charge in [0.1, 0.15) is 6.61 Å². The Morgan fingerprint density at radius 1 is 1.32 bits per heavy atom. The standard InChI is InChI=1S/C14H23NO4/c1-4-9-18-14(17)15-7-5-12(6-8-15)13(16)19-10-11(2)3/h4,11-12H,1,5-10H2,2-3H3. The number of carbonyl (C=O) groups excluding carboxylic acids is 2. The number of amides is 1. The van der Waals surface area contributed by atoms with E-state index in [4.69, 9.17) is 9.47 Å². The first-order chi connectivity index (χ1) is 9.04. The normalized spacial score (nSPS) is 16.3. The summed E-state index contributed by atoms with van der Waals surface area (Å²) in [4.78, 5) is 25.0. The van der Waals surface area contributed by atoms with Crippen LogP contribution in [-0.2, 0) is 14.3 Å². The molecule has 5 nitrogen and oxygen atoms in total. The van der Waals surface area contributed by atoms with Crippen LogP contribution in [0.15, 0.2) is 12.7 Å². The maximum atomic E-state index is 11.8. The first-order valence-corrected chi connectivity index (χ1v) is 6.73. The average molecular weight is 269 g/mol. The van der Waals surface area contributed by atoms with Gasteiger partial charge in [-0.3, -0.25) is 4.79 Å². The summed E-state index contributed by atoms with van der Waals surface area (Å²) in [5.74, 6) is 0.105. The van der Waals surface area contributed by atoms with E-state index in [1.54, 1.807) is 4.90 Å². The number of piperidine rings is 1. The van der Waals surface area contributed by atoms with Gasteiger partial charge < -0.3 is 14.4 Å². The van der Waals surface area contributed by atoms with E-state index in [1.165, 1.54) is 6.08 Å². The molecule has 0 N–H and O–H groups in total. The van der Waals surface area contributed by atoms with E-state index in [2.05, 4.69) is 6.58 Å². The zero-order valence-electron chi connectivity index (χ0n) is 11.8. The molecule has 1 rings (SSSR count). The SMILES string of the molecule is C=CCOC(=O)N1CCC(C(=O)OCC(C)C)CC1. The Morgan fingerprint density at radius 2 is 1.95 bits per heavy atom. The highest BCUT2D eigenvalue weighted by Gasteiger charge is 2.28. The van der Waals surface area contributed by atoms with Crippen LogP contribution in [0.3, 0.4) is 0 Å². The lowest BCUT2D eigenvalue weighted by atomic mass is 9.97. The fraction of sp³-hybridized carbons (Fsp3) is 0.714. The van der Waals surface area contributed by atoms with Crippen LogP contribution in [0.25, 0.3) is 0 Å². The number of hydrogen-bond donors (Lipinski definition) is 0. The van der Waals surface area contributed by atoms with Gasteiger partial charge in [-0.15, -0.1) is 0 Å². The van der Waals surface area contributed by atoms with Crippen molar-refractivity contribution < 1.29 is 19.1 Å². The number of ether oxygens (including phenoxy) is 2. The number of hydrogen-bond acceptors (Lipinski definition) is 4. The third kappa shape index (κ3) is 5.32. The van der Waals surface area contributed by atoms with Crippen LogP contribution in [0.5, 0.6) is 0 Å². The topological polar surface area (TPSA) is 55.8 Å². The quantitative estimate of drug-likeness (QED) is 0.567. The summed E-state index contributed by atoms with van der Waals surface area (Å²) in [7, 11) is 0. The summed E-state index contributed by atoms with van der Waals surface area (Å²) in [6.07, 6.45) is 2.47. The molecule has 0 aliphatic carbocycles. The molecule has 0 atom stereocenters. The number of nitrogens with zero attached hydrogens (tertiary/aromatic N) is 1. The summed E-state index contributed by atoms with van der Waals surface area (Å²) in [5.41, 5.74) is 0. The number of carbonyl (C=O) groups is 2. The van der Waals surface area contributed by atoms with E-state index >= 15 is 0 Å². The first-order valence-electron chi connectivity index (χ1n) is 6.73. The van der Waals surface area contributed by atoms with Crippen molar-refractivity contribution >= 4 is 12.1 Å². The van der Waals surface area contributed by atoms with E-state index in [-0.39, 0.29) is 24.6 Å². The average Bonchev–Trinajstić information content (AvgIpc) is 2.42. The van der Waals surface area contributed by atoms with Crippen molar-refractivity contribution in [1.82, 2.24) is 4.90 Å². The molecule has 0 aromatic carbocycles. The van der Waals surface area contributed by atoms with Gasteiger partial charge in [0.2, 0.25) is 0 Å². The van der Waals surface area contributed by atoms with Gasteiger partial charge in [-0.05, 0) is 18.8 Å².